The molecule has 9 nitrogen and oxygen atoms in total. The van der Waals surface area contributed by atoms with Gasteiger partial charge in [0.05, 0.1) is 18.2 Å². The summed E-state index contributed by atoms with van der Waals surface area (Å²) < 4.78 is 38.1. The normalized spacial score (nSPS) is 12.6. The lowest BCUT2D eigenvalue weighted by Gasteiger charge is -2.20. The Hall–Kier alpha value is -4.71. The Morgan fingerprint density at radius 3 is 2.07 bits per heavy atom. The molecule has 0 aliphatic carbocycles. The van der Waals surface area contributed by atoms with Gasteiger partial charge in [-0.15, -0.1) is 0 Å². The predicted molar refractivity (Wildman–Crippen MR) is 150 cm³/mol. The second-order valence-electron chi connectivity index (χ2n) is 9.69. The molecule has 0 unspecified atom stereocenters. The lowest BCUT2D eigenvalue weighted by atomic mass is 10.0. The molecule has 6 N–H and O–H groups in total. The third-order valence-corrected chi connectivity index (χ3v) is 6.49. The molecule has 0 saturated carbocycles. The zero-order valence-corrected chi connectivity index (χ0v) is 22.8. The third-order valence-electron chi connectivity index (χ3n) is 6.49. The van der Waals surface area contributed by atoms with Crippen LogP contribution in [0.4, 0.5) is 18.0 Å². The Balaban J connectivity index is 1.46. The van der Waals surface area contributed by atoms with Crippen molar-refractivity contribution in [3.8, 4) is 0 Å². The number of hydrogen-bond acceptors (Lipinski definition) is 5. The summed E-state index contributed by atoms with van der Waals surface area (Å²) in [4.78, 5) is 37.6. The van der Waals surface area contributed by atoms with E-state index in [0.717, 1.165) is 22.6 Å². The summed E-state index contributed by atoms with van der Waals surface area (Å²) >= 11 is 0. The Kier molecular flexibility index (Phi) is 10.8. The highest BCUT2D eigenvalue weighted by atomic mass is 19.4. The zero-order chi connectivity index (χ0) is 30.9. The average Bonchev–Trinajstić information content (AvgIpc) is 2.97. The minimum absolute atomic E-state index is 0.0230. The highest BCUT2D eigenvalue weighted by Gasteiger charge is 2.30. The number of benzene rings is 3. The molecule has 3 rings (SSSR count). The molecule has 0 saturated heterocycles. The minimum atomic E-state index is -4.42. The molecule has 42 heavy (non-hydrogen) atoms. The minimum Gasteiger partial charge on any atom is -0.465 e. The topological polar surface area (TPSA) is 149 Å². The van der Waals surface area contributed by atoms with Crippen molar-refractivity contribution < 1.29 is 32.7 Å². The van der Waals surface area contributed by atoms with Gasteiger partial charge in [0.25, 0.3) is 0 Å². The van der Waals surface area contributed by atoms with E-state index in [1.807, 2.05) is 6.07 Å². The molecule has 12 heteroatoms. The molecule has 0 heterocycles. The fraction of sp³-hybridized carbons (Fsp3) is 0.267. The van der Waals surface area contributed by atoms with E-state index >= 15 is 0 Å². The molecule has 0 aromatic heterocycles. The Bertz CT molecular complexity index is 1380. The number of nitrogens with one attached hydrogen (secondary N) is 3. The highest BCUT2D eigenvalue weighted by molar-refractivity contribution is 6.04. The molecule has 0 bridgehead atoms. The van der Waals surface area contributed by atoms with Gasteiger partial charge >= 0.3 is 12.3 Å². The number of halogens is 3. The van der Waals surface area contributed by atoms with Crippen molar-refractivity contribution in [2.75, 3.05) is 0 Å². The molecule has 0 spiro atoms. The monoisotopic (exact) mass is 583 g/mol. The molecule has 2 atom stereocenters. The fourth-order valence-corrected chi connectivity index (χ4v) is 3.99. The van der Waals surface area contributed by atoms with E-state index in [-0.39, 0.29) is 31.8 Å². The first-order valence-corrected chi connectivity index (χ1v) is 13.1. The van der Waals surface area contributed by atoms with Crippen molar-refractivity contribution in [3.63, 3.8) is 0 Å². The van der Waals surface area contributed by atoms with Crippen LogP contribution in [0, 0.1) is 5.41 Å². The van der Waals surface area contributed by atoms with Crippen LogP contribution in [0.15, 0.2) is 78.9 Å². The molecular formula is C30H32F3N5O4. The van der Waals surface area contributed by atoms with Crippen LogP contribution in [-0.4, -0.2) is 45.8 Å². The Morgan fingerprint density at radius 1 is 0.905 bits per heavy atom. The van der Waals surface area contributed by atoms with Crippen molar-refractivity contribution in [2.45, 2.75) is 51.1 Å². The number of amidine groups is 1. The number of hydrogen-bond donors (Lipinski definition) is 5. The van der Waals surface area contributed by atoms with Crippen molar-refractivity contribution in [1.29, 1.82) is 5.41 Å². The summed E-state index contributed by atoms with van der Waals surface area (Å²) in [6.07, 6.45) is -5.21. The predicted octanol–water partition coefficient (Wildman–Crippen LogP) is 4.29. The lowest BCUT2D eigenvalue weighted by Crippen LogP contribution is -2.50. The fourth-order valence-electron chi connectivity index (χ4n) is 3.99. The van der Waals surface area contributed by atoms with Gasteiger partial charge in [0.1, 0.15) is 11.9 Å². The molecule has 3 amide bonds. The standard InChI is InChI=1S/C30H32F3N5O4/c1-19(37-28(40)25(34)16-11-20-9-14-24(15-10-20)30(31,32)33)27(39)36-17-21-7-12-23(13-8-21)26(35)38(29(41)42)18-22-5-3-2-4-6-22/h2-10,12-15,19,25,35H,11,16-18,34H2,1H3,(H,36,39)(H,37,40)(H,41,42)/t19-,25+/m0/s1. The van der Waals surface area contributed by atoms with E-state index in [2.05, 4.69) is 10.6 Å². The lowest BCUT2D eigenvalue weighted by molar-refractivity contribution is -0.137. The quantitative estimate of drug-likeness (QED) is 0.169. The summed E-state index contributed by atoms with van der Waals surface area (Å²) in [7, 11) is 0. The zero-order valence-electron chi connectivity index (χ0n) is 22.8. The molecule has 0 aliphatic heterocycles. The van der Waals surface area contributed by atoms with Gasteiger partial charge in [-0.2, -0.15) is 13.2 Å². The van der Waals surface area contributed by atoms with Gasteiger partial charge in [-0.1, -0.05) is 66.7 Å². The van der Waals surface area contributed by atoms with Crippen LogP contribution in [-0.2, 0) is 35.3 Å². The van der Waals surface area contributed by atoms with E-state index in [9.17, 15) is 32.7 Å². The summed E-state index contributed by atoms with van der Waals surface area (Å²) in [5.41, 5.74) is 7.58. The van der Waals surface area contributed by atoms with Crippen molar-refractivity contribution in [3.05, 3.63) is 107 Å². The van der Waals surface area contributed by atoms with Crippen LogP contribution in [0.3, 0.4) is 0 Å². The second kappa shape index (κ2) is 14.3. The van der Waals surface area contributed by atoms with E-state index in [1.54, 1.807) is 48.5 Å². The number of rotatable bonds is 11. The summed E-state index contributed by atoms with van der Waals surface area (Å²) in [5.74, 6) is -1.21. The molecule has 3 aromatic rings. The first-order chi connectivity index (χ1) is 19.8. The van der Waals surface area contributed by atoms with Crippen LogP contribution in [0.5, 0.6) is 0 Å². The van der Waals surface area contributed by atoms with E-state index in [1.165, 1.54) is 19.1 Å². The van der Waals surface area contributed by atoms with Crippen LogP contribution < -0.4 is 16.4 Å². The number of carbonyl (C=O) groups excluding carboxylic acids is 2. The summed E-state index contributed by atoms with van der Waals surface area (Å²) in [6, 6.07) is 18.2. The number of carbonyl (C=O) groups is 3. The summed E-state index contributed by atoms with van der Waals surface area (Å²) in [6.45, 7) is 1.64. The van der Waals surface area contributed by atoms with Crippen molar-refractivity contribution >= 4 is 23.7 Å². The molecule has 222 valence electrons. The maximum Gasteiger partial charge on any atom is 0.416 e. The molecule has 0 fully saturated rings. The van der Waals surface area contributed by atoms with Gasteiger partial charge in [0, 0.05) is 12.1 Å². The number of amides is 3. The van der Waals surface area contributed by atoms with Gasteiger partial charge in [0.15, 0.2) is 0 Å². The van der Waals surface area contributed by atoms with Gasteiger partial charge in [-0.3, -0.25) is 19.9 Å². The van der Waals surface area contributed by atoms with E-state index in [4.69, 9.17) is 11.1 Å². The molecule has 0 aliphatic rings. The van der Waals surface area contributed by atoms with Gasteiger partial charge in [-0.25, -0.2) is 4.79 Å². The summed E-state index contributed by atoms with van der Waals surface area (Å²) in [5, 5.41) is 23.2. The van der Waals surface area contributed by atoms with E-state index < -0.39 is 41.7 Å². The average molecular weight is 584 g/mol. The molecular weight excluding hydrogens is 551 g/mol. The van der Waals surface area contributed by atoms with Crippen molar-refractivity contribution in [2.24, 2.45) is 5.73 Å². The number of nitrogens with two attached hydrogens (primary N) is 1. The molecule has 3 aromatic carbocycles. The largest absolute Gasteiger partial charge is 0.465 e. The highest BCUT2D eigenvalue weighted by Crippen LogP contribution is 2.29. The SMILES string of the molecule is C[C@H](NC(=O)[C@H](N)CCc1ccc(C(F)(F)F)cc1)C(=O)NCc1ccc(C(=N)N(Cc2ccccc2)C(=O)O)cc1. The maximum atomic E-state index is 12.7. The van der Waals surface area contributed by atoms with Gasteiger partial charge < -0.3 is 21.5 Å². The maximum absolute atomic E-state index is 12.7. The number of alkyl halides is 3. The first-order valence-electron chi connectivity index (χ1n) is 13.1. The molecule has 0 radical (unpaired) electrons. The second-order valence-corrected chi connectivity index (χ2v) is 9.69. The Labute approximate surface area is 241 Å². The van der Waals surface area contributed by atoms with Gasteiger partial charge in [0.2, 0.25) is 11.8 Å². The number of nitrogens with zero attached hydrogens (tertiary/aromatic N) is 1. The van der Waals surface area contributed by atoms with Crippen molar-refractivity contribution in [1.82, 2.24) is 15.5 Å². The van der Waals surface area contributed by atoms with Crippen LogP contribution in [0.25, 0.3) is 0 Å². The first kappa shape index (κ1) is 31.8. The van der Waals surface area contributed by atoms with Crippen LogP contribution in [0.1, 0.15) is 41.2 Å². The van der Waals surface area contributed by atoms with E-state index in [0.29, 0.717) is 16.7 Å². The number of carboxylic acid groups (broad SMARTS) is 1. The Morgan fingerprint density at radius 2 is 1.50 bits per heavy atom. The smallest absolute Gasteiger partial charge is 0.416 e. The number of aryl methyl sites for hydroxylation is 1. The third kappa shape index (κ3) is 9.16. The van der Waals surface area contributed by atoms with Gasteiger partial charge in [-0.05, 0) is 48.6 Å². The van der Waals surface area contributed by atoms with Crippen LogP contribution >= 0.6 is 0 Å². The van der Waals surface area contributed by atoms with Crippen LogP contribution in [0.2, 0.25) is 0 Å².